The van der Waals surface area contributed by atoms with Crippen LogP contribution in [0.25, 0.3) is 0 Å². The van der Waals surface area contributed by atoms with Crippen LogP contribution < -0.4 is 15.8 Å². The van der Waals surface area contributed by atoms with Gasteiger partial charge < -0.3 is 14.4 Å². The second-order valence-corrected chi connectivity index (χ2v) is 7.37. The number of ether oxygens (including phenoxy) is 2. The summed E-state index contributed by atoms with van der Waals surface area (Å²) in [6.45, 7) is 5.71. The first-order chi connectivity index (χ1) is 12.1. The fourth-order valence-electron chi connectivity index (χ4n) is 3.90. The van der Waals surface area contributed by atoms with Gasteiger partial charge in [-0.05, 0) is 33.1 Å². The van der Waals surface area contributed by atoms with Crippen LogP contribution in [0.3, 0.4) is 0 Å². The van der Waals surface area contributed by atoms with E-state index in [1.165, 1.54) is 0 Å². The monoisotopic (exact) mass is 349 g/mol. The Morgan fingerprint density at radius 2 is 2.12 bits per heavy atom. The van der Waals surface area contributed by atoms with E-state index < -0.39 is 0 Å². The summed E-state index contributed by atoms with van der Waals surface area (Å²) in [5.74, 6) is 1.42. The molecule has 1 aromatic heterocycles. The van der Waals surface area contributed by atoms with Crippen LogP contribution in [0.5, 0.6) is 0 Å². The first-order valence-electron chi connectivity index (χ1n) is 9.27. The lowest BCUT2D eigenvalue weighted by molar-refractivity contribution is -0.0276. The van der Waals surface area contributed by atoms with Crippen LogP contribution in [-0.2, 0) is 9.47 Å². The Balaban J connectivity index is 1.70. The Morgan fingerprint density at radius 3 is 2.88 bits per heavy atom. The molecule has 1 aromatic rings. The highest BCUT2D eigenvalue weighted by atomic mass is 16.5. The fraction of sp³-hybridized carbons (Fsp3) is 0.778. The zero-order valence-corrected chi connectivity index (χ0v) is 15.7. The first-order valence-corrected chi connectivity index (χ1v) is 9.27. The Labute approximate surface area is 150 Å². The van der Waals surface area contributed by atoms with Crippen molar-refractivity contribution in [3.8, 4) is 0 Å². The van der Waals surface area contributed by atoms with Crippen molar-refractivity contribution in [3.05, 3.63) is 18.1 Å². The zero-order valence-electron chi connectivity index (χ0n) is 15.7. The van der Waals surface area contributed by atoms with Crippen LogP contribution in [0.1, 0.15) is 44.8 Å². The zero-order chi connectivity index (χ0) is 17.8. The summed E-state index contributed by atoms with van der Waals surface area (Å²) in [6.07, 6.45) is 5.60. The van der Waals surface area contributed by atoms with Crippen molar-refractivity contribution in [1.29, 1.82) is 0 Å². The molecule has 4 unspecified atom stereocenters. The number of likely N-dealkylation sites (N-methyl/N-ethyl adjacent to an activating group) is 1. The van der Waals surface area contributed by atoms with Crippen molar-refractivity contribution in [1.82, 2.24) is 20.8 Å². The molecular formula is C18H31N5O2. The van der Waals surface area contributed by atoms with Crippen molar-refractivity contribution in [2.45, 2.75) is 57.4 Å². The average Bonchev–Trinajstić information content (AvgIpc) is 3.02. The van der Waals surface area contributed by atoms with Gasteiger partial charge in [-0.3, -0.25) is 5.43 Å². The Bertz CT molecular complexity index is 556. The van der Waals surface area contributed by atoms with Gasteiger partial charge in [-0.1, -0.05) is 0 Å². The SMILES string of the molecule is COCCN(C)c1cc(C2NNC3CCC(OC(C)C)CC32)ncn1. The van der Waals surface area contributed by atoms with Crippen LogP contribution in [0, 0.1) is 5.92 Å². The lowest BCUT2D eigenvalue weighted by Crippen LogP contribution is -2.38. The van der Waals surface area contributed by atoms with Crippen molar-refractivity contribution < 1.29 is 9.47 Å². The average molecular weight is 349 g/mol. The van der Waals surface area contributed by atoms with Crippen LogP contribution in [0.15, 0.2) is 12.4 Å². The van der Waals surface area contributed by atoms with Gasteiger partial charge >= 0.3 is 0 Å². The molecule has 3 rings (SSSR count). The summed E-state index contributed by atoms with van der Waals surface area (Å²) in [7, 11) is 3.74. The van der Waals surface area contributed by atoms with Gasteiger partial charge in [0.2, 0.25) is 0 Å². The lowest BCUT2D eigenvalue weighted by atomic mass is 9.79. The summed E-state index contributed by atoms with van der Waals surface area (Å²) < 4.78 is 11.2. The van der Waals surface area contributed by atoms with Gasteiger partial charge in [-0.15, -0.1) is 0 Å². The molecule has 0 spiro atoms. The molecule has 1 aliphatic heterocycles. The molecule has 0 radical (unpaired) electrons. The Morgan fingerprint density at radius 1 is 1.28 bits per heavy atom. The number of hydrogen-bond acceptors (Lipinski definition) is 7. The number of aromatic nitrogens is 2. The number of nitrogens with one attached hydrogen (secondary N) is 2. The molecule has 7 heteroatoms. The number of anilines is 1. The highest BCUT2D eigenvalue weighted by Crippen LogP contribution is 2.39. The maximum absolute atomic E-state index is 6.08. The van der Waals surface area contributed by atoms with E-state index in [1.807, 2.05) is 7.05 Å². The van der Waals surface area contributed by atoms with Crippen molar-refractivity contribution >= 4 is 5.82 Å². The predicted octanol–water partition coefficient (Wildman–Crippen LogP) is 1.67. The van der Waals surface area contributed by atoms with E-state index in [0.717, 1.165) is 37.3 Å². The van der Waals surface area contributed by atoms with E-state index in [-0.39, 0.29) is 12.1 Å². The molecule has 0 aromatic carbocycles. The number of nitrogens with zero attached hydrogens (tertiary/aromatic N) is 3. The van der Waals surface area contributed by atoms with Crippen molar-refractivity contribution in [2.24, 2.45) is 5.92 Å². The molecule has 0 amide bonds. The minimum Gasteiger partial charge on any atom is -0.383 e. The third kappa shape index (κ3) is 4.47. The predicted molar refractivity (Wildman–Crippen MR) is 97.3 cm³/mol. The quantitative estimate of drug-likeness (QED) is 0.776. The molecule has 2 fully saturated rings. The standard InChI is InChI=1S/C18H31N5O2/c1-12(2)25-13-5-6-15-14(9-13)18(22-21-15)16-10-17(20-11-19-16)23(3)7-8-24-4/h10-15,18,21-22H,5-9H2,1-4H3. The normalized spacial score (nSPS) is 29.0. The second kappa shape index (κ2) is 8.40. The minimum absolute atomic E-state index is 0.195. The van der Waals surface area contributed by atoms with Gasteiger partial charge in [-0.2, -0.15) is 0 Å². The molecule has 7 nitrogen and oxygen atoms in total. The molecule has 2 heterocycles. The lowest BCUT2D eigenvalue weighted by Gasteiger charge is -2.34. The summed E-state index contributed by atoms with van der Waals surface area (Å²) >= 11 is 0. The maximum Gasteiger partial charge on any atom is 0.132 e. The molecule has 1 saturated carbocycles. The van der Waals surface area contributed by atoms with Crippen LogP contribution in [0.2, 0.25) is 0 Å². The molecule has 4 atom stereocenters. The van der Waals surface area contributed by atoms with Gasteiger partial charge in [0, 0.05) is 38.7 Å². The van der Waals surface area contributed by atoms with Crippen molar-refractivity contribution in [2.75, 3.05) is 32.2 Å². The largest absolute Gasteiger partial charge is 0.383 e. The smallest absolute Gasteiger partial charge is 0.132 e. The number of rotatable bonds is 7. The molecule has 2 N–H and O–H groups in total. The van der Waals surface area contributed by atoms with Crippen LogP contribution in [-0.4, -0.2) is 55.5 Å². The first kappa shape index (κ1) is 18.5. The van der Waals surface area contributed by atoms with Gasteiger partial charge in [0.15, 0.2) is 0 Å². The second-order valence-electron chi connectivity index (χ2n) is 7.37. The molecule has 25 heavy (non-hydrogen) atoms. The van der Waals surface area contributed by atoms with Crippen LogP contribution >= 0.6 is 0 Å². The van der Waals surface area contributed by atoms with Gasteiger partial charge in [0.25, 0.3) is 0 Å². The number of fused-ring (bicyclic) bond motifs is 1. The van der Waals surface area contributed by atoms with E-state index in [4.69, 9.17) is 9.47 Å². The van der Waals surface area contributed by atoms with Gasteiger partial charge in [0.1, 0.15) is 12.1 Å². The molecule has 140 valence electrons. The number of methoxy groups -OCH3 is 1. The van der Waals surface area contributed by atoms with Crippen LogP contribution in [0.4, 0.5) is 5.82 Å². The Kier molecular flexibility index (Phi) is 6.22. The molecule has 1 aliphatic carbocycles. The molecule has 0 bridgehead atoms. The third-order valence-corrected chi connectivity index (χ3v) is 5.18. The number of hydrogen-bond donors (Lipinski definition) is 2. The summed E-state index contributed by atoms with van der Waals surface area (Å²) in [4.78, 5) is 11.1. The summed E-state index contributed by atoms with van der Waals surface area (Å²) in [5, 5.41) is 0. The van der Waals surface area contributed by atoms with Gasteiger partial charge in [0.05, 0.1) is 30.6 Å². The highest BCUT2D eigenvalue weighted by molar-refractivity contribution is 5.38. The van der Waals surface area contributed by atoms with Crippen molar-refractivity contribution in [3.63, 3.8) is 0 Å². The summed E-state index contributed by atoms with van der Waals surface area (Å²) in [5.41, 5.74) is 7.96. The number of hydrazine groups is 1. The highest BCUT2D eigenvalue weighted by Gasteiger charge is 2.42. The molecule has 2 aliphatic rings. The van der Waals surface area contributed by atoms with E-state index in [0.29, 0.717) is 24.7 Å². The third-order valence-electron chi connectivity index (χ3n) is 5.18. The summed E-state index contributed by atoms with van der Waals surface area (Å²) in [6, 6.07) is 2.77. The fourth-order valence-corrected chi connectivity index (χ4v) is 3.90. The van der Waals surface area contributed by atoms with E-state index >= 15 is 0 Å². The van der Waals surface area contributed by atoms with E-state index in [2.05, 4.69) is 45.6 Å². The molecular weight excluding hydrogens is 318 g/mol. The minimum atomic E-state index is 0.195. The topological polar surface area (TPSA) is 71.5 Å². The van der Waals surface area contributed by atoms with E-state index in [9.17, 15) is 0 Å². The maximum atomic E-state index is 6.08. The Hall–Kier alpha value is -1.28. The van der Waals surface area contributed by atoms with E-state index in [1.54, 1.807) is 13.4 Å². The van der Waals surface area contributed by atoms with Gasteiger partial charge in [-0.25, -0.2) is 15.4 Å². The molecule has 1 saturated heterocycles.